The molecule has 30 heavy (non-hydrogen) atoms. The first-order chi connectivity index (χ1) is 14.1. The Hall–Kier alpha value is -2.61. The number of ether oxygens (including phenoxy) is 1. The molecule has 0 radical (unpaired) electrons. The van der Waals surface area contributed by atoms with Crippen LogP contribution in [0.5, 0.6) is 0 Å². The average Bonchev–Trinajstić information content (AvgIpc) is 2.73. The van der Waals surface area contributed by atoms with Crippen molar-refractivity contribution in [1.29, 1.82) is 0 Å². The fourth-order valence-corrected chi connectivity index (χ4v) is 3.12. The molecule has 3 aromatic rings. The summed E-state index contributed by atoms with van der Waals surface area (Å²) in [5.41, 5.74) is 4.23. The van der Waals surface area contributed by atoms with Gasteiger partial charge in [0.1, 0.15) is 0 Å². The predicted octanol–water partition coefficient (Wildman–Crippen LogP) is 4.89. The van der Waals surface area contributed by atoms with E-state index in [0.717, 1.165) is 24.5 Å². The van der Waals surface area contributed by atoms with E-state index in [1.54, 1.807) is 0 Å². The summed E-state index contributed by atoms with van der Waals surface area (Å²) in [4.78, 5) is 15.9. The van der Waals surface area contributed by atoms with Crippen LogP contribution in [0.1, 0.15) is 11.1 Å². The maximum Gasteiger partial charge on any atom is 0.233 e. The molecule has 0 atom stereocenters. The third kappa shape index (κ3) is 5.50. The van der Waals surface area contributed by atoms with Crippen molar-refractivity contribution in [3.05, 3.63) is 58.6 Å². The Labute approximate surface area is 187 Å². The number of hydrogen-bond donors (Lipinski definition) is 2. The second-order valence-electron chi connectivity index (χ2n) is 6.94. The zero-order valence-electron chi connectivity index (χ0n) is 16.9. The molecule has 0 saturated carbocycles. The Balaban J connectivity index is 0.00000256. The van der Waals surface area contributed by atoms with Gasteiger partial charge in [-0.3, -0.25) is 0 Å². The van der Waals surface area contributed by atoms with E-state index in [2.05, 4.69) is 56.5 Å². The normalized spacial score (nSPS) is 13.5. The van der Waals surface area contributed by atoms with Crippen LogP contribution in [0.2, 0.25) is 5.02 Å². The van der Waals surface area contributed by atoms with Gasteiger partial charge in [-0.15, -0.1) is 12.4 Å². The van der Waals surface area contributed by atoms with E-state index in [9.17, 15) is 0 Å². The highest BCUT2D eigenvalue weighted by atomic mass is 35.5. The molecule has 0 spiro atoms. The van der Waals surface area contributed by atoms with Crippen molar-refractivity contribution >= 4 is 53.2 Å². The van der Waals surface area contributed by atoms with Crippen molar-refractivity contribution in [3.63, 3.8) is 0 Å². The van der Waals surface area contributed by atoms with Gasteiger partial charge in [-0.2, -0.15) is 15.0 Å². The third-order valence-corrected chi connectivity index (χ3v) is 5.03. The van der Waals surface area contributed by atoms with E-state index < -0.39 is 0 Å². The Kier molecular flexibility index (Phi) is 7.31. The van der Waals surface area contributed by atoms with E-state index >= 15 is 0 Å². The second-order valence-corrected chi connectivity index (χ2v) is 7.37. The Morgan fingerprint density at radius 2 is 1.43 bits per heavy atom. The van der Waals surface area contributed by atoms with Crippen LogP contribution >= 0.6 is 24.0 Å². The molecule has 158 valence electrons. The number of hydrogen-bond acceptors (Lipinski definition) is 7. The number of halogens is 2. The number of nitrogens with zero attached hydrogens (tertiary/aromatic N) is 4. The standard InChI is InChI=1S/C21H23ClN6O.ClH/c1-14-3-6-18(13-15(14)2)24-20-25-19(23-17-7-4-16(22)5-8-17)26-21(27-20)28-9-11-29-12-10-28;/h3-8,13H,9-12H2,1-2H3,(H2,23,24,25,26,27);1H. The van der Waals surface area contributed by atoms with Crippen LogP contribution in [-0.4, -0.2) is 41.3 Å². The largest absolute Gasteiger partial charge is 0.378 e. The number of rotatable bonds is 5. The lowest BCUT2D eigenvalue weighted by Gasteiger charge is -2.27. The number of anilines is 5. The van der Waals surface area contributed by atoms with Crippen LogP contribution in [0.15, 0.2) is 42.5 Å². The summed E-state index contributed by atoms with van der Waals surface area (Å²) in [6, 6.07) is 13.6. The van der Waals surface area contributed by atoms with E-state index in [0.29, 0.717) is 36.1 Å². The first-order valence-electron chi connectivity index (χ1n) is 9.52. The molecular weight excluding hydrogens is 423 g/mol. The summed E-state index contributed by atoms with van der Waals surface area (Å²) in [7, 11) is 0. The van der Waals surface area contributed by atoms with Gasteiger partial charge >= 0.3 is 0 Å². The van der Waals surface area contributed by atoms with E-state index in [1.807, 2.05) is 30.3 Å². The first-order valence-corrected chi connectivity index (χ1v) is 9.90. The van der Waals surface area contributed by atoms with Gasteiger partial charge in [-0.05, 0) is 61.4 Å². The van der Waals surface area contributed by atoms with Crippen LogP contribution in [0.25, 0.3) is 0 Å². The van der Waals surface area contributed by atoms with E-state index in [-0.39, 0.29) is 12.4 Å². The minimum Gasteiger partial charge on any atom is -0.378 e. The summed E-state index contributed by atoms with van der Waals surface area (Å²) in [6.45, 7) is 6.98. The smallest absolute Gasteiger partial charge is 0.233 e. The number of nitrogens with one attached hydrogen (secondary N) is 2. The molecule has 4 rings (SSSR count). The molecule has 1 aromatic heterocycles. The molecule has 0 aliphatic carbocycles. The summed E-state index contributed by atoms with van der Waals surface area (Å²) < 4.78 is 5.45. The monoisotopic (exact) mass is 446 g/mol. The Morgan fingerprint density at radius 3 is 2.07 bits per heavy atom. The second kappa shape index (κ2) is 9.93. The average molecular weight is 447 g/mol. The SMILES string of the molecule is Cc1ccc(Nc2nc(Nc3ccc(Cl)cc3)nc(N3CCOCC3)n2)cc1C.Cl. The highest BCUT2D eigenvalue weighted by Crippen LogP contribution is 2.23. The molecule has 1 aliphatic heterocycles. The van der Waals surface area contributed by atoms with Crippen LogP contribution in [0.4, 0.5) is 29.2 Å². The van der Waals surface area contributed by atoms with Crippen LogP contribution < -0.4 is 15.5 Å². The molecule has 0 unspecified atom stereocenters. The van der Waals surface area contributed by atoms with Gasteiger partial charge in [-0.25, -0.2) is 0 Å². The fourth-order valence-electron chi connectivity index (χ4n) is 2.99. The highest BCUT2D eigenvalue weighted by Gasteiger charge is 2.17. The molecule has 1 saturated heterocycles. The zero-order valence-corrected chi connectivity index (χ0v) is 18.4. The van der Waals surface area contributed by atoms with Crippen molar-refractivity contribution in [2.45, 2.75) is 13.8 Å². The number of morpholine rings is 1. The third-order valence-electron chi connectivity index (χ3n) is 4.78. The summed E-state index contributed by atoms with van der Waals surface area (Å²) in [5, 5.41) is 7.22. The van der Waals surface area contributed by atoms with E-state index in [4.69, 9.17) is 16.3 Å². The van der Waals surface area contributed by atoms with Crippen LogP contribution in [0, 0.1) is 13.8 Å². The molecule has 1 aliphatic rings. The molecule has 2 N–H and O–H groups in total. The summed E-state index contributed by atoms with van der Waals surface area (Å²) in [6.07, 6.45) is 0. The minimum atomic E-state index is 0. The van der Waals surface area contributed by atoms with Crippen LogP contribution in [0.3, 0.4) is 0 Å². The lowest BCUT2D eigenvalue weighted by molar-refractivity contribution is 0.122. The Bertz CT molecular complexity index is 993. The molecule has 9 heteroatoms. The fraction of sp³-hybridized carbons (Fsp3) is 0.286. The summed E-state index contributed by atoms with van der Waals surface area (Å²) in [5.74, 6) is 1.57. The zero-order chi connectivity index (χ0) is 20.2. The van der Waals surface area contributed by atoms with Crippen molar-refractivity contribution in [3.8, 4) is 0 Å². The lowest BCUT2D eigenvalue weighted by atomic mass is 10.1. The molecular formula is C21H24Cl2N6O. The van der Waals surface area contributed by atoms with Gasteiger partial charge < -0.3 is 20.3 Å². The molecule has 0 amide bonds. The highest BCUT2D eigenvalue weighted by molar-refractivity contribution is 6.30. The first kappa shape index (κ1) is 22.1. The van der Waals surface area contributed by atoms with Gasteiger partial charge in [0.2, 0.25) is 17.8 Å². The maximum absolute atomic E-state index is 5.98. The molecule has 7 nitrogen and oxygen atoms in total. The number of aromatic nitrogens is 3. The molecule has 2 heterocycles. The van der Waals surface area contributed by atoms with Gasteiger partial charge in [0.05, 0.1) is 13.2 Å². The maximum atomic E-state index is 5.98. The number of benzene rings is 2. The van der Waals surface area contributed by atoms with Crippen molar-refractivity contribution in [2.75, 3.05) is 41.8 Å². The molecule has 1 fully saturated rings. The lowest BCUT2D eigenvalue weighted by Crippen LogP contribution is -2.37. The van der Waals surface area contributed by atoms with Crippen LogP contribution in [-0.2, 0) is 4.74 Å². The Morgan fingerprint density at radius 1 is 0.833 bits per heavy atom. The summed E-state index contributed by atoms with van der Waals surface area (Å²) >= 11 is 5.98. The van der Waals surface area contributed by atoms with E-state index in [1.165, 1.54) is 11.1 Å². The van der Waals surface area contributed by atoms with Gasteiger partial charge in [0.25, 0.3) is 0 Å². The topological polar surface area (TPSA) is 75.2 Å². The van der Waals surface area contributed by atoms with Crippen molar-refractivity contribution in [1.82, 2.24) is 15.0 Å². The van der Waals surface area contributed by atoms with Gasteiger partial charge in [-0.1, -0.05) is 17.7 Å². The number of aryl methyl sites for hydroxylation is 2. The van der Waals surface area contributed by atoms with Gasteiger partial charge in [0, 0.05) is 29.5 Å². The minimum absolute atomic E-state index is 0. The van der Waals surface area contributed by atoms with Gasteiger partial charge in [0.15, 0.2) is 0 Å². The van der Waals surface area contributed by atoms with Crippen molar-refractivity contribution < 1.29 is 4.74 Å². The predicted molar refractivity (Wildman–Crippen MR) is 124 cm³/mol. The quantitative estimate of drug-likeness (QED) is 0.577. The van der Waals surface area contributed by atoms with Crippen molar-refractivity contribution in [2.24, 2.45) is 0 Å². The molecule has 2 aromatic carbocycles. The molecule has 0 bridgehead atoms.